The largest absolute Gasteiger partial charge is 0.394 e. The van der Waals surface area contributed by atoms with Crippen molar-refractivity contribution in [2.24, 2.45) is 4.99 Å². The number of aromatic nitrogens is 4. The number of imidazole rings is 1. The van der Waals surface area contributed by atoms with Crippen molar-refractivity contribution >= 4 is 23.5 Å². The van der Waals surface area contributed by atoms with Gasteiger partial charge in [-0.2, -0.15) is 4.98 Å². The van der Waals surface area contributed by atoms with Gasteiger partial charge in [0.1, 0.15) is 12.3 Å². The number of fused-ring (bicyclic) bond motifs is 1. The number of aliphatic hydroxyl groups excluding tert-OH is 2. The van der Waals surface area contributed by atoms with Crippen LogP contribution in [-0.4, -0.2) is 73.9 Å². The number of hydrogen-bond donors (Lipinski definition) is 3. The molecule has 1 aliphatic heterocycles. The number of ether oxygens (including phenoxy) is 1. The number of aliphatic hydroxyl groups is 2. The van der Waals surface area contributed by atoms with Crippen LogP contribution in [0.4, 0.5) is 5.95 Å². The van der Waals surface area contributed by atoms with Gasteiger partial charge in [-0.05, 0) is 0 Å². The molecule has 10 nitrogen and oxygen atoms in total. The van der Waals surface area contributed by atoms with E-state index >= 15 is 0 Å². The fourth-order valence-electron chi connectivity index (χ4n) is 2.41. The summed E-state index contributed by atoms with van der Waals surface area (Å²) < 4.78 is 7.14. The third-order valence-electron chi connectivity index (χ3n) is 3.53. The molecule has 1 aliphatic rings. The Balaban J connectivity index is 2.00. The molecule has 124 valence electrons. The highest BCUT2D eigenvalue weighted by Crippen LogP contribution is 2.30. The summed E-state index contributed by atoms with van der Waals surface area (Å²) in [5, 5.41) is 19.0. The Bertz CT molecular complexity index is 782. The maximum absolute atomic E-state index is 12.1. The van der Waals surface area contributed by atoms with Crippen LogP contribution in [0, 0.1) is 0 Å². The molecule has 0 saturated carbocycles. The number of hydrogen-bond acceptors (Lipinski definition) is 7. The Labute approximate surface area is 131 Å². The van der Waals surface area contributed by atoms with E-state index in [4.69, 9.17) is 4.74 Å². The second-order valence-electron chi connectivity index (χ2n) is 5.54. The number of H-pyrrole nitrogens is 1. The first-order chi connectivity index (χ1) is 11.0. The third kappa shape index (κ3) is 2.96. The molecule has 0 aliphatic carbocycles. The minimum absolute atomic E-state index is 0.148. The molecule has 0 unspecified atom stereocenters. The van der Waals surface area contributed by atoms with Crippen molar-refractivity contribution in [1.82, 2.24) is 24.4 Å². The van der Waals surface area contributed by atoms with Crippen molar-refractivity contribution < 1.29 is 14.9 Å². The van der Waals surface area contributed by atoms with Gasteiger partial charge in [0.15, 0.2) is 11.2 Å². The molecule has 3 rings (SSSR count). The Morgan fingerprint density at radius 1 is 1.61 bits per heavy atom. The van der Waals surface area contributed by atoms with Crippen molar-refractivity contribution in [1.29, 1.82) is 0 Å². The number of nitrogens with zero attached hydrogens (tertiary/aromatic N) is 5. The van der Waals surface area contributed by atoms with Crippen LogP contribution in [0.3, 0.4) is 0 Å². The molecule has 10 heteroatoms. The van der Waals surface area contributed by atoms with Crippen LogP contribution >= 0.6 is 0 Å². The van der Waals surface area contributed by atoms with Gasteiger partial charge in [0, 0.05) is 20.5 Å². The quantitative estimate of drug-likeness (QED) is 0.485. The molecular weight excluding hydrogens is 304 g/mol. The van der Waals surface area contributed by atoms with Crippen molar-refractivity contribution in [2.75, 3.05) is 20.7 Å². The average molecular weight is 322 g/mol. The fraction of sp³-hybridized carbons (Fsp3) is 0.538. The monoisotopic (exact) mass is 322 g/mol. The zero-order valence-corrected chi connectivity index (χ0v) is 12.7. The molecule has 2 aromatic rings. The van der Waals surface area contributed by atoms with Crippen molar-refractivity contribution in [3.63, 3.8) is 0 Å². The highest BCUT2D eigenvalue weighted by atomic mass is 16.5. The minimum atomic E-state index is -0.782. The fourth-order valence-corrected chi connectivity index (χ4v) is 2.41. The summed E-state index contributed by atoms with van der Waals surface area (Å²) in [7, 11) is 3.60. The van der Waals surface area contributed by atoms with Crippen LogP contribution in [0.1, 0.15) is 12.6 Å². The Kier molecular flexibility index (Phi) is 4.11. The SMILES string of the molecule is CN(C)C=Nc1nc2c(ncn2[C@@H]2C[C@H](O)[C@@H](CO)O2)c(=O)[nH]1. The normalized spacial score (nSPS) is 24.8. The predicted octanol–water partition coefficient (Wildman–Crippen LogP) is -1.02. The van der Waals surface area contributed by atoms with E-state index < -0.39 is 24.0 Å². The second kappa shape index (κ2) is 6.07. The van der Waals surface area contributed by atoms with Gasteiger partial charge in [0.05, 0.1) is 25.4 Å². The smallest absolute Gasteiger partial charge is 0.280 e. The summed E-state index contributed by atoms with van der Waals surface area (Å²) in [6.45, 7) is -0.281. The third-order valence-corrected chi connectivity index (χ3v) is 3.53. The van der Waals surface area contributed by atoms with E-state index in [0.29, 0.717) is 5.65 Å². The van der Waals surface area contributed by atoms with Crippen LogP contribution < -0.4 is 5.56 Å². The Hall–Kier alpha value is -2.30. The van der Waals surface area contributed by atoms with E-state index in [-0.39, 0.29) is 24.5 Å². The van der Waals surface area contributed by atoms with E-state index in [1.807, 2.05) is 0 Å². The lowest BCUT2D eigenvalue weighted by Crippen LogP contribution is -2.24. The lowest BCUT2D eigenvalue weighted by Gasteiger charge is -2.13. The van der Waals surface area contributed by atoms with Crippen molar-refractivity contribution in [2.45, 2.75) is 24.9 Å². The summed E-state index contributed by atoms with van der Waals surface area (Å²) in [6.07, 6.45) is 1.24. The zero-order valence-electron chi connectivity index (χ0n) is 12.7. The van der Waals surface area contributed by atoms with Crippen LogP contribution in [0.25, 0.3) is 11.2 Å². The number of aromatic amines is 1. The predicted molar refractivity (Wildman–Crippen MR) is 81.6 cm³/mol. The van der Waals surface area contributed by atoms with Gasteiger partial charge in [-0.15, -0.1) is 0 Å². The summed E-state index contributed by atoms with van der Waals surface area (Å²) in [5.74, 6) is 0.148. The first-order valence-electron chi connectivity index (χ1n) is 7.11. The maximum Gasteiger partial charge on any atom is 0.280 e. The van der Waals surface area contributed by atoms with Gasteiger partial charge < -0.3 is 19.8 Å². The minimum Gasteiger partial charge on any atom is -0.394 e. The standard InChI is InChI=1S/C13H18N6O4/c1-18(2)5-15-13-16-11-10(12(22)17-13)14-6-19(11)9-3-7(21)8(4-20)23-9/h5-9,20-21H,3-4H2,1-2H3,(H,16,17,22)/t7-,8+,9-/m0/s1. The van der Waals surface area contributed by atoms with E-state index in [1.54, 1.807) is 23.6 Å². The summed E-state index contributed by atoms with van der Waals surface area (Å²) >= 11 is 0. The van der Waals surface area contributed by atoms with E-state index in [1.165, 1.54) is 12.7 Å². The first kappa shape index (κ1) is 15.6. The van der Waals surface area contributed by atoms with E-state index in [0.717, 1.165) is 0 Å². The Morgan fingerprint density at radius 2 is 2.39 bits per heavy atom. The highest BCUT2D eigenvalue weighted by molar-refractivity contribution is 5.71. The summed E-state index contributed by atoms with van der Waals surface area (Å²) in [5.41, 5.74) is 0.0756. The van der Waals surface area contributed by atoms with Crippen LogP contribution in [0.15, 0.2) is 16.1 Å². The maximum atomic E-state index is 12.1. The molecule has 0 amide bonds. The van der Waals surface area contributed by atoms with Gasteiger partial charge in [-0.1, -0.05) is 0 Å². The zero-order chi connectivity index (χ0) is 16.6. The topological polar surface area (TPSA) is 129 Å². The lowest BCUT2D eigenvalue weighted by molar-refractivity contribution is -0.0432. The number of rotatable bonds is 4. The second-order valence-corrected chi connectivity index (χ2v) is 5.54. The summed E-state index contributed by atoms with van der Waals surface area (Å²) in [4.78, 5) is 28.7. The molecule has 0 radical (unpaired) electrons. The van der Waals surface area contributed by atoms with Gasteiger partial charge in [0.2, 0.25) is 5.95 Å². The molecule has 23 heavy (non-hydrogen) atoms. The molecule has 3 atom stereocenters. The molecule has 0 bridgehead atoms. The molecule has 1 saturated heterocycles. The van der Waals surface area contributed by atoms with Gasteiger partial charge in [-0.3, -0.25) is 14.3 Å². The molecule has 0 spiro atoms. The molecule has 2 aromatic heterocycles. The summed E-state index contributed by atoms with van der Waals surface area (Å²) in [6, 6.07) is 0. The average Bonchev–Trinajstić information content (AvgIpc) is 3.08. The van der Waals surface area contributed by atoms with E-state index in [9.17, 15) is 15.0 Å². The van der Waals surface area contributed by atoms with E-state index in [2.05, 4.69) is 19.9 Å². The van der Waals surface area contributed by atoms with Crippen molar-refractivity contribution in [3.05, 3.63) is 16.7 Å². The Morgan fingerprint density at radius 3 is 3.04 bits per heavy atom. The van der Waals surface area contributed by atoms with Crippen LogP contribution in [-0.2, 0) is 4.74 Å². The molecular formula is C13H18N6O4. The molecule has 1 fully saturated rings. The number of aliphatic imine (C=N–C) groups is 1. The van der Waals surface area contributed by atoms with Gasteiger partial charge in [0.25, 0.3) is 5.56 Å². The molecule has 0 aromatic carbocycles. The molecule has 3 N–H and O–H groups in total. The van der Waals surface area contributed by atoms with Crippen molar-refractivity contribution in [3.8, 4) is 0 Å². The highest BCUT2D eigenvalue weighted by Gasteiger charge is 2.35. The van der Waals surface area contributed by atoms with Crippen LogP contribution in [0.2, 0.25) is 0 Å². The van der Waals surface area contributed by atoms with Crippen LogP contribution in [0.5, 0.6) is 0 Å². The van der Waals surface area contributed by atoms with Gasteiger partial charge in [-0.25, -0.2) is 9.98 Å². The molecule has 3 heterocycles. The number of nitrogens with one attached hydrogen (secondary N) is 1. The lowest BCUT2D eigenvalue weighted by atomic mass is 10.2. The van der Waals surface area contributed by atoms with Gasteiger partial charge >= 0.3 is 0 Å². The first-order valence-corrected chi connectivity index (χ1v) is 7.11.